The van der Waals surface area contributed by atoms with Gasteiger partial charge in [-0.25, -0.2) is 9.59 Å². The molecule has 7 heteroatoms. The monoisotopic (exact) mass is 260 g/mol. The highest BCUT2D eigenvalue weighted by Crippen LogP contribution is 2.30. The van der Waals surface area contributed by atoms with E-state index < -0.39 is 11.9 Å². The summed E-state index contributed by atoms with van der Waals surface area (Å²) in [5.74, 6) is -1.33. The minimum Gasteiger partial charge on any atom is -0.496 e. The van der Waals surface area contributed by atoms with Crippen molar-refractivity contribution in [2.75, 3.05) is 7.11 Å². The Hall–Kier alpha value is -2.83. The van der Waals surface area contributed by atoms with Crippen molar-refractivity contribution in [1.29, 1.82) is 0 Å². The largest absolute Gasteiger partial charge is 0.496 e. The molecule has 0 radical (unpaired) electrons. The highest BCUT2D eigenvalue weighted by atomic mass is 16.7. The summed E-state index contributed by atoms with van der Waals surface area (Å²) in [4.78, 5) is 31.3. The molecule has 2 bridgehead atoms. The third-order valence-electron chi connectivity index (χ3n) is 2.55. The molecule has 1 aromatic carbocycles. The summed E-state index contributed by atoms with van der Waals surface area (Å²) >= 11 is 0. The van der Waals surface area contributed by atoms with Crippen molar-refractivity contribution in [3.05, 3.63) is 30.5 Å². The Morgan fingerprint density at radius 3 is 2.79 bits per heavy atom. The van der Waals surface area contributed by atoms with E-state index in [4.69, 9.17) is 14.3 Å². The maximum atomic E-state index is 11.3. The Morgan fingerprint density at radius 2 is 2.00 bits per heavy atom. The normalized spacial score (nSPS) is 13.5. The van der Waals surface area contributed by atoms with Crippen molar-refractivity contribution < 1.29 is 23.9 Å². The molecule has 0 fully saturated rings. The summed E-state index contributed by atoms with van der Waals surface area (Å²) in [6.07, 6.45) is 1.31. The zero-order valence-corrected chi connectivity index (χ0v) is 9.82. The molecule has 1 aliphatic rings. The minimum absolute atomic E-state index is 0.00300. The number of imidazole rings is 1. The lowest BCUT2D eigenvalue weighted by atomic mass is 10.2. The molecule has 0 N–H and O–H groups in total. The molecule has 0 aliphatic carbocycles. The highest BCUT2D eigenvalue weighted by molar-refractivity contribution is 6.30. The van der Waals surface area contributed by atoms with Crippen LogP contribution in [0.15, 0.2) is 30.5 Å². The third kappa shape index (κ3) is 1.81. The van der Waals surface area contributed by atoms with E-state index in [2.05, 4.69) is 4.98 Å². The van der Waals surface area contributed by atoms with E-state index in [1.165, 1.54) is 13.3 Å². The minimum atomic E-state index is -1.10. The van der Waals surface area contributed by atoms with Crippen LogP contribution in [0.5, 0.6) is 11.6 Å². The van der Waals surface area contributed by atoms with E-state index in [1.807, 2.05) is 0 Å². The number of carbonyl (C=O) groups excluding carboxylic acids is 2. The van der Waals surface area contributed by atoms with Crippen LogP contribution in [0.1, 0.15) is 0 Å². The lowest BCUT2D eigenvalue weighted by Crippen LogP contribution is -2.30. The van der Waals surface area contributed by atoms with Gasteiger partial charge in [-0.1, -0.05) is 12.1 Å². The fourth-order valence-corrected chi connectivity index (χ4v) is 1.73. The van der Waals surface area contributed by atoms with Gasteiger partial charge in [0, 0.05) is 0 Å². The van der Waals surface area contributed by atoms with Gasteiger partial charge in [0.05, 0.1) is 12.7 Å². The Kier molecular flexibility index (Phi) is 2.45. The molecule has 0 saturated carbocycles. The van der Waals surface area contributed by atoms with E-state index in [0.717, 1.165) is 4.73 Å². The SMILES string of the molecule is COc1ccccc1-c1nc2cn1OC(=O)C(=O)O2. The first-order valence-corrected chi connectivity index (χ1v) is 5.36. The van der Waals surface area contributed by atoms with Gasteiger partial charge in [-0.3, -0.25) is 0 Å². The van der Waals surface area contributed by atoms with Crippen LogP contribution < -0.4 is 14.3 Å². The Morgan fingerprint density at radius 1 is 1.21 bits per heavy atom. The molecule has 0 amide bonds. The van der Waals surface area contributed by atoms with E-state index in [1.54, 1.807) is 24.3 Å². The number of ether oxygens (including phenoxy) is 2. The topological polar surface area (TPSA) is 79.7 Å². The van der Waals surface area contributed by atoms with Crippen LogP contribution in [-0.4, -0.2) is 28.8 Å². The standard InChI is InChI=1S/C12H8N2O5/c1-17-8-5-3-2-4-7(8)10-13-9-6-14(10)19-12(16)11(15)18-9/h2-6H,1H3. The zero-order valence-electron chi connectivity index (χ0n) is 9.82. The fraction of sp³-hybridized carbons (Fsp3) is 0.0833. The second-order valence-corrected chi connectivity index (χ2v) is 3.70. The number of methoxy groups -OCH3 is 1. The molecule has 1 aromatic heterocycles. The molecule has 2 heterocycles. The van der Waals surface area contributed by atoms with Gasteiger partial charge in [0.15, 0.2) is 5.82 Å². The predicted molar refractivity (Wildman–Crippen MR) is 61.4 cm³/mol. The molecular weight excluding hydrogens is 252 g/mol. The number of fused-ring (bicyclic) bond motifs is 2. The summed E-state index contributed by atoms with van der Waals surface area (Å²) in [5.41, 5.74) is 0.613. The van der Waals surface area contributed by atoms with Crippen LogP contribution in [-0.2, 0) is 9.59 Å². The summed E-state index contributed by atoms with van der Waals surface area (Å²) in [7, 11) is 1.52. The second kappa shape index (κ2) is 4.13. The van der Waals surface area contributed by atoms with Crippen LogP contribution in [0.4, 0.5) is 0 Å². The van der Waals surface area contributed by atoms with Gasteiger partial charge in [0.2, 0.25) is 5.88 Å². The quantitative estimate of drug-likeness (QED) is 0.575. The lowest BCUT2D eigenvalue weighted by molar-refractivity contribution is -0.161. The molecule has 19 heavy (non-hydrogen) atoms. The maximum Gasteiger partial charge on any atom is 0.442 e. The Labute approximate surface area is 107 Å². The number of nitrogens with zero attached hydrogens (tertiary/aromatic N) is 2. The van der Waals surface area contributed by atoms with Crippen molar-refractivity contribution >= 4 is 11.9 Å². The molecule has 96 valence electrons. The summed E-state index contributed by atoms with van der Waals surface area (Å²) in [5, 5.41) is 0. The fourth-order valence-electron chi connectivity index (χ4n) is 1.73. The third-order valence-corrected chi connectivity index (χ3v) is 2.55. The van der Waals surface area contributed by atoms with Crippen molar-refractivity contribution in [1.82, 2.24) is 9.71 Å². The summed E-state index contributed by atoms with van der Waals surface area (Å²) in [6.45, 7) is 0. The molecule has 0 unspecified atom stereocenters. The van der Waals surface area contributed by atoms with Crippen LogP contribution in [0.2, 0.25) is 0 Å². The summed E-state index contributed by atoms with van der Waals surface area (Å²) in [6, 6.07) is 7.08. The highest BCUT2D eigenvalue weighted by Gasteiger charge is 2.28. The van der Waals surface area contributed by atoms with Crippen LogP contribution in [0, 0.1) is 0 Å². The number of esters is 1. The van der Waals surface area contributed by atoms with Crippen LogP contribution in [0.25, 0.3) is 11.4 Å². The number of hydrogen-bond donors (Lipinski definition) is 0. The smallest absolute Gasteiger partial charge is 0.442 e. The van der Waals surface area contributed by atoms with Gasteiger partial charge in [0.1, 0.15) is 11.9 Å². The number of benzene rings is 1. The maximum absolute atomic E-state index is 11.3. The zero-order chi connectivity index (χ0) is 13.4. The molecule has 0 atom stereocenters. The number of para-hydroxylation sites is 1. The molecule has 3 rings (SSSR count). The number of aromatic nitrogens is 2. The average molecular weight is 260 g/mol. The molecule has 0 spiro atoms. The van der Waals surface area contributed by atoms with Crippen LogP contribution in [0.3, 0.4) is 0 Å². The van der Waals surface area contributed by atoms with Crippen LogP contribution >= 0.6 is 0 Å². The number of hydrogen-bond acceptors (Lipinski definition) is 6. The van der Waals surface area contributed by atoms with Gasteiger partial charge in [-0.2, -0.15) is 9.71 Å². The van der Waals surface area contributed by atoms with E-state index >= 15 is 0 Å². The first kappa shape index (κ1) is 11.3. The molecule has 1 aliphatic heterocycles. The first-order chi connectivity index (χ1) is 9.19. The van der Waals surface area contributed by atoms with Gasteiger partial charge in [-0.05, 0) is 12.1 Å². The number of carbonyl (C=O) groups is 2. The van der Waals surface area contributed by atoms with E-state index in [-0.39, 0.29) is 5.88 Å². The van der Waals surface area contributed by atoms with Gasteiger partial charge < -0.3 is 14.3 Å². The predicted octanol–water partition coefficient (Wildman–Crippen LogP) is 0.433. The second-order valence-electron chi connectivity index (χ2n) is 3.70. The van der Waals surface area contributed by atoms with Crippen molar-refractivity contribution in [3.8, 4) is 23.0 Å². The molecular formula is C12H8N2O5. The number of rotatable bonds is 2. The first-order valence-electron chi connectivity index (χ1n) is 5.36. The van der Waals surface area contributed by atoms with Crippen molar-refractivity contribution in [2.45, 2.75) is 0 Å². The summed E-state index contributed by atoms with van der Waals surface area (Å²) < 4.78 is 11.0. The Bertz CT molecular complexity index is 677. The molecule has 7 nitrogen and oxygen atoms in total. The lowest BCUT2D eigenvalue weighted by Gasteiger charge is -2.09. The van der Waals surface area contributed by atoms with Gasteiger partial charge >= 0.3 is 11.9 Å². The van der Waals surface area contributed by atoms with E-state index in [9.17, 15) is 9.59 Å². The van der Waals surface area contributed by atoms with Gasteiger partial charge in [0.25, 0.3) is 0 Å². The van der Waals surface area contributed by atoms with Crippen molar-refractivity contribution in [3.63, 3.8) is 0 Å². The molecule has 2 aromatic rings. The van der Waals surface area contributed by atoms with Crippen molar-refractivity contribution in [2.24, 2.45) is 0 Å². The van der Waals surface area contributed by atoms with Gasteiger partial charge in [-0.15, -0.1) is 0 Å². The Balaban J connectivity index is 2.13. The molecule has 0 saturated heterocycles. The average Bonchev–Trinajstić information content (AvgIpc) is 2.74. The van der Waals surface area contributed by atoms with E-state index in [0.29, 0.717) is 17.1 Å².